The molecule has 0 bridgehead atoms. The molecule has 3 rings (SSSR count). The number of rotatable bonds is 3. The Bertz CT molecular complexity index is 1000. The highest BCUT2D eigenvalue weighted by Gasteiger charge is 2.37. The molecule has 0 atom stereocenters. The molecule has 4 amide bonds. The van der Waals surface area contributed by atoms with Gasteiger partial charge in [0.1, 0.15) is 11.3 Å². The highest BCUT2D eigenvalue weighted by molar-refractivity contribution is 9.10. The number of methoxy groups -OCH3 is 1. The fourth-order valence-corrected chi connectivity index (χ4v) is 3.38. The van der Waals surface area contributed by atoms with Crippen molar-refractivity contribution in [3.05, 3.63) is 62.6 Å². The van der Waals surface area contributed by atoms with Crippen LogP contribution in [-0.4, -0.2) is 25.0 Å². The van der Waals surface area contributed by atoms with E-state index >= 15 is 0 Å². The number of barbiturate groups is 1. The van der Waals surface area contributed by atoms with Gasteiger partial charge in [-0.05, 0) is 55.0 Å². The molecule has 138 valence electrons. The maximum Gasteiger partial charge on any atom is 0.335 e. The Hall–Kier alpha value is -2.64. The number of carbonyl (C=O) groups excluding carboxylic acids is 3. The molecule has 0 aromatic heterocycles. The zero-order chi connectivity index (χ0) is 19.7. The lowest BCUT2D eigenvalue weighted by Crippen LogP contribution is -2.54. The van der Waals surface area contributed by atoms with Crippen LogP contribution < -0.4 is 15.0 Å². The second kappa shape index (κ2) is 7.54. The molecule has 0 unspecified atom stereocenters. The summed E-state index contributed by atoms with van der Waals surface area (Å²) in [5.74, 6) is -1.06. The number of benzene rings is 2. The number of amides is 4. The topological polar surface area (TPSA) is 75.7 Å². The van der Waals surface area contributed by atoms with Crippen molar-refractivity contribution >= 4 is 57.1 Å². The highest BCUT2D eigenvalue weighted by atomic mass is 79.9. The van der Waals surface area contributed by atoms with Gasteiger partial charge in [0.25, 0.3) is 11.8 Å². The van der Waals surface area contributed by atoms with Gasteiger partial charge in [0.2, 0.25) is 0 Å². The number of ether oxygens (including phenoxy) is 1. The monoisotopic (exact) mass is 448 g/mol. The third-order valence-corrected chi connectivity index (χ3v) is 4.72. The minimum absolute atomic E-state index is 0.197. The second-order valence-electron chi connectivity index (χ2n) is 5.77. The van der Waals surface area contributed by atoms with E-state index in [4.69, 9.17) is 16.3 Å². The predicted octanol–water partition coefficient (Wildman–Crippen LogP) is 4.09. The standard InChI is InChI=1S/C19H14BrClN2O4/c1-10-7-12(20)3-5-15(10)23-18(25)14(17(24)22-19(23)26)9-11-8-13(21)4-6-16(11)27-2/h3-9H,1-2H3,(H,22,24,26)/b14-9-. The summed E-state index contributed by atoms with van der Waals surface area (Å²) in [5, 5.41) is 2.62. The first kappa shape index (κ1) is 19.1. The molecule has 1 heterocycles. The Kier molecular flexibility index (Phi) is 5.34. The number of urea groups is 1. The summed E-state index contributed by atoms with van der Waals surface area (Å²) in [4.78, 5) is 38.5. The van der Waals surface area contributed by atoms with E-state index in [9.17, 15) is 14.4 Å². The molecule has 0 radical (unpaired) electrons. The Morgan fingerprint density at radius 1 is 1.15 bits per heavy atom. The fraction of sp³-hybridized carbons (Fsp3) is 0.105. The average Bonchev–Trinajstić information content (AvgIpc) is 2.60. The number of hydrogen-bond acceptors (Lipinski definition) is 4. The summed E-state index contributed by atoms with van der Waals surface area (Å²) in [5.41, 5.74) is 1.34. The van der Waals surface area contributed by atoms with Gasteiger partial charge in [-0.25, -0.2) is 9.69 Å². The lowest BCUT2D eigenvalue weighted by atomic mass is 10.1. The Morgan fingerprint density at radius 3 is 2.56 bits per heavy atom. The quantitative estimate of drug-likeness (QED) is 0.566. The lowest BCUT2D eigenvalue weighted by Gasteiger charge is -2.27. The van der Waals surface area contributed by atoms with Crippen molar-refractivity contribution < 1.29 is 19.1 Å². The SMILES string of the molecule is COc1ccc(Cl)cc1/C=C1/C(=O)NC(=O)N(c2ccc(Br)cc2C)C1=O. The molecule has 0 spiro atoms. The van der Waals surface area contributed by atoms with Crippen LogP contribution in [0.4, 0.5) is 10.5 Å². The first-order chi connectivity index (χ1) is 12.8. The largest absolute Gasteiger partial charge is 0.496 e. The molecule has 2 aromatic carbocycles. The third kappa shape index (κ3) is 3.74. The van der Waals surface area contributed by atoms with Gasteiger partial charge in [-0.15, -0.1) is 0 Å². The summed E-state index contributed by atoms with van der Waals surface area (Å²) in [6, 6.07) is 9.14. The zero-order valence-corrected chi connectivity index (χ0v) is 16.7. The van der Waals surface area contributed by atoms with Gasteiger partial charge in [-0.2, -0.15) is 0 Å². The second-order valence-corrected chi connectivity index (χ2v) is 7.13. The maximum atomic E-state index is 13.0. The highest BCUT2D eigenvalue weighted by Crippen LogP contribution is 2.29. The van der Waals surface area contributed by atoms with Crippen LogP contribution in [-0.2, 0) is 9.59 Å². The molecule has 0 saturated carbocycles. The Labute approximate surface area is 168 Å². The molecule has 1 N–H and O–H groups in total. The van der Waals surface area contributed by atoms with Gasteiger partial charge in [0.15, 0.2) is 0 Å². The van der Waals surface area contributed by atoms with Crippen LogP contribution >= 0.6 is 27.5 Å². The van der Waals surface area contributed by atoms with Gasteiger partial charge in [-0.3, -0.25) is 14.9 Å². The van der Waals surface area contributed by atoms with Gasteiger partial charge in [0.05, 0.1) is 12.8 Å². The molecule has 8 heteroatoms. The smallest absolute Gasteiger partial charge is 0.335 e. The van der Waals surface area contributed by atoms with Crippen molar-refractivity contribution in [1.29, 1.82) is 0 Å². The molecule has 1 aliphatic rings. The van der Waals surface area contributed by atoms with Crippen molar-refractivity contribution in [1.82, 2.24) is 5.32 Å². The van der Waals surface area contributed by atoms with E-state index in [-0.39, 0.29) is 5.57 Å². The van der Waals surface area contributed by atoms with Crippen LogP contribution in [0.3, 0.4) is 0 Å². The van der Waals surface area contributed by atoms with E-state index in [0.717, 1.165) is 9.37 Å². The van der Waals surface area contributed by atoms with Gasteiger partial charge < -0.3 is 4.74 Å². The van der Waals surface area contributed by atoms with E-state index in [1.165, 1.54) is 13.2 Å². The minimum atomic E-state index is -0.800. The van der Waals surface area contributed by atoms with Crippen molar-refractivity contribution in [2.75, 3.05) is 12.0 Å². The first-order valence-corrected chi connectivity index (χ1v) is 9.00. The summed E-state index contributed by atoms with van der Waals surface area (Å²) < 4.78 is 6.05. The Balaban J connectivity index is 2.09. The van der Waals surface area contributed by atoms with Crippen molar-refractivity contribution in [2.24, 2.45) is 0 Å². The Morgan fingerprint density at radius 2 is 1.89 bits per heavy atom. The van der Waals surface area contributed by atoms with E-state index < -0.39 is 17.8 Å². The van der Waals surface area contributed by atoms with E-state index in [1.54, 1.807) is 43.3 Å². The molecule has 6 nitrogen and oxygen atoms in total. The van der Waals surface area contributed by atoms with E-state index in [2.05, 4.69) is 21.2 Å². The summed E-state index contributed by atoms with van der Waals surface area (Å²) >= 11 is 9.35. The zero-order valence-electron chi connectivity index (χ0n) is 14.4. The number of aryl methyl sites for hydroxylation is 1. The van der Waals surface area contributed by atoms with Crippen LogP contribution in [0.1, 0.15) is 11.1 Å². The van der Waals surface area contributed by atoms with Crippen LogP contribution in [0.15, 0.2) is 46.4 Å². The summed E-state index contributed by atoms with van der Waals surface area (Å²) in [7, 11) is 1.47. The van der Waals surface area contributed by atoms with Crippen LogP contribution in [0.5, 0.6) is 5.75 Å². The molecule has 0 aliphatic carbocycles. The number of halogens is 2. The number of nitrogens with one attached hydrogen (secondary N) is 1. The molecule has 1 saturated heterocycles. The van der Waals surface area contributed by atoms with Crippen LogP contribution in [0.2, 0.25) is 5.02 Å². The first-order valence-electron chi connectivity index (χ1n) is 7.83. The fourth-order valence-electron chi connectivity index (χ4n) is 2.72. The van der Waals surface area contributed by atoms with Crippen LogP contribution in [0.25, 0.3) is 6.08 Å². The van der Waals surface area contributed by atoms with Crippen LogP contribution in [0, 0.1) is 6.92 Å². The van der Waals surface area contributed by atoms with E-state index in [1.807, 2.05) is 0 Å². The molecule has 1 fully saturated rings. The number of nitrogens with zero attached hydrogens (tertiary/aromatic N) is 1. The molecule has 27 heavy (non-hydrogen) atoms. The maximum absolute atomic E-state index is 13.0. The van der Waals surface area contributed by atoms with Gasteiger partial charge in [0, 0.05) is 15.1 Å². The average molecular weight is 450 g/mol. The number of anilines is 1. The van der Waals surface area contributed by atoms with Crippen molar-refractivity contribution in [3.8, 4) is 5.75 Å². The summed E-state index contributed by atoms with van der Waals surface area (Å²) in [6.07, 6.45) is 1.36. The number of imide groups is 2. The van der Waals surface area contributed by atoms with E-state index in [0.29, 0.717) is 27.6 Å². The normalized spacial score (nSPS) is 15.9. The number of hydrogen-bond donors (Lipinski definition) is 1. The van der Waals surface area contributed by atoms with Crippen molar-refractivity contribution in [3.63, 3.8) is 0 Å². The van der Waals surface area contributed by atoms with Gasteiger partial charge >= 0.3 is 6.03 Å². The number of carbonyl (C=O) groups is 3. The third-order valence-electron chi connectivity index (χ3n) is 3.99. The predicted molar refractivity (Wildman–Crippen MR) is 106 cm³/mol. The molecule has 2 aromatic rings. The molecular formula is C19H14BrClN2O4. The van der Waals surface area contributed by atoms with Gasteiger partial charge in [-0.1, -0.05) is 27.5 Å². The molecular weight excluding hydrogens is 436 g/mol. The molecule has 1 aliphatic heterocycles. The van der Waals surface area contributed by atoms with Crippen molar-refractivity contribution in [2.45, 2.75) is 6.92 Å². The lowest BCUT2D eigenvalue weighted by molar-refractivity contribution is -0.122. The summed E-state index contributed by atoms with van der Waals surface area (Å²) in [6.45, 7) is 1.76. The minimum Gasteiger partial charge on any atom is -0.496 e.